The zero-order chi connectivity index (χ0) is 9.80. The van der Waals surface area contributed by atoms with Gasteiger partial charge < -0.3 is 0 Å². The van der Waals surface area contributed by atoms with E-state index in [2.05, 4.69) is 36.5 Å². The highest BCUT2D eigenvalue weighted by Crippen LogP contribution is 2.33. The quantitative estimate of drug-likeness (QED) is 0.507. The average Bonchev–Trinajstić information content (AvgIpc) is 2.87. The van der Waals surface area contributed by atoms with Crippen LogP contribution < -0.4 is 0 Å². The Morgan fingerprint density at radius 2 is 1.71 bits per heavy atom. The minimum Gasteiger partial charge on any atom is -0.176 e. The summed E-state index contributed by atoms with van der Waals surface area (Å²) in [6.07, 6.45) is 15.6. The Labute approximate surface area is 92.6 Å². The molecule has 74 valence electrons. The first kappa shape index (κ1) is 10.0. The van der Waals surface area contributed by atoms with Gasteiger partial charge in [0.1, 0.15) is 8.83 Å². The van der Waals surface area contributed by atoms with Crippen LogP contribution in [0.2, 0.25) is 6.04 Å². The third-order valence-electron chi connectivity index (χ3n) is 2.89. The summed E-state index contributed by atoms with van der Waals surface area (Å²) in [6.45, 7) is 0. The summed E-state index contributed by atoms with van der Waals surface area (Å²) in [5.74, 6) is 0.643. The molecule has 0 N–H and O–H groups in total. The van der Waals surface area contributed by atoms with Crippen molar-refractivity contribution < 1.29 is 0 Å². The number of rotatable bonds is 4. The normalized spacial score (nSPS) is 20.1. The van der Waals surface area contributed by atoms with E-state index in [1.165, 1.54) is 6.04 Å². The number of hydrogen-bond donors (Lipinski definition) is 0. The molecule has 2 aliphatic carbocycles. The highest BCUT2D eigenvalue weighted by molar-refractivity contribution is 6.93. The van der Waals surface area contributed by atoms with Crippen LogP contribution in [0.5, 0.6) is 0 Å². The van der Waals surface area contributed by atoms with Crippen molar-refractivity contribution in [2.24, 2.45) is 5.92 Å². The molecule has 0 amide bonds. The van der Waals surface area contributed by atoms with Crippen LogP contribution in [-0.4, -0.2) is 8.83 Å². The van der Waals surface area contributed by atoms with E-state index in [1.54, 1.807) is 11.1 Å². The van der Waals surface area contributed by atoms with Crippen molar-refractivity contribution in [3.8, 4) is 0 Å². The van der Waals surface area contributed by atoms with Gasteiger partial charge in [-0.05, 0) is 18.9 Å². The molecule has 0 spiro atoms. The van der Waals surface area contributed by atoms with Crippen LogP contribution in [0, 0.1) is 5.92 Å². The second-order valence-corrected chi connectivity index (χ2v) is 5.87. The molecule has 0 aromatic rings. The van der Waals surface area contributed by atoms with Gasteiger partial charge in [-0.15, -0.1) is 0 Å². The minimum absolute atomic E-state index is 0.366. The summed E-state index contributed by atoms with van der Waals surface area (Å²) in [5, 5.41) is 0. The van der Waals surface area contributed by atoms with Gasteiger partial charge in [0.25, 0.3) is 0 Å². The molecule has 2 aliphatic rings. The van der Waals surface area contributed by atoms with E-state index in [4.69, 9.17) is 11.1 Å². The summed E-state index contributed by atoms with van der Waals surface area (Å²) < 4.78 is 0. The van der Waals surface area contributed by atoms with Crippen LogP contribution in [0.3, 0.4) is 0 Å². The van der Waals surface area contributed by atoms with E-state index in [0.717, 1.165) is 12.8 Å². The first-order valence-corrected chi connectivity index (χ1v) is 8.33. The monoisotopic (exact) mass is 222 g/mol. The largest absolute Gasteiger partial charge is 0.176 e. The summed E-state index contributed by atoms with van der Waals surface area (Å²) in [4.78, 5) is 0. The summed E-state index contributed by atoms with van der Waals surface area (Å²) in [6, 6.07) is 1.21. The molecule has 0 fully saturated rings. The van der Waals surface area contributed by atoms with Gasteiger partial charge in [0, 0.05) is 5.92 Å². The molecule has 0 saturated heterocycles. The molecule has 0 unspecified atom stereocenters. The third kappa shape index (κ3) is 2.10. The van der Waals surface area contributed by atoms with Crippen molar-refractivity contribution >= 4 is 19.9 Å². The summed E-state index contributed by atoms with van der Waals surface area (Å²) >= 11 is 6.00. The zero-order valence-corrected chi connectivity index (χ0v) is 10.4. The Morgan fingerprint density at radius 1 is 1.14 bits per heavy atom. The summed E-state index contributed by atoms with van der Waals surface area (Å²) in [5.41, 5.74) is 3.13. The van der Waals surface area contributed by atoms with Crippen molar-refractivity contribution in [2.75, 3.05) is 0 Å². The van der Waals surface area contributed by atoms with Gasteiger partial charge in [0.2, 0.25) is 0 Å². The maximum absolute atomic E-state index is 6.00. The standard InChI is InChI=1S/C12H15ClSi/c13-14-9-12(10-5-1-2-6-10)11-7-3-4-8-11/h1-5,7,12H,6,8-9,14H2. The predicted molar refractivity (Wildman–Crippen MR) is 66.4 cm³/mol. The van der Waals surface area contributed by atoms with Crippen molar-refractivity contribution in [3.63, 3.8) is 0 Å². The molecule has 0 aromatic carbocycles. The Bertz CT molecular complexity index is 293. The number of hydrogen-bond acceptors (Lipinski definition) is 0. The summed E-state index contributed by atoms with van der Waals surface area (Å²) in [7, 11) is -0.366. The number of allylic oxidation sites excluding steroid dienone is 8. The lowest BCUT2D eigenvalue weighted by atomic mass is 9.91. The minimum atomic E-state index is -0.366. The first-order valence-electron chi connectivity index (χ1n) is 5.19. The second kappa shape index (κ2) is 4.81. The topological polar surface area (TPSA) is 0 Å². The van der Waals surface area contributed by atoms with E-state index in [1.807, 2.05) is 0 Å². The van der Waals surface area contributed by atoms with Crippen molar-refractivity contribution in [1.82, 2.24) is 0 Å². The fourth-order valence-corrected chi connectivity index (χ4v) is 3.78. The zero-order valence-electron chi connectivity index (χ0n) is 8.25. The van der Waals surface area contributed by atoms with Gasteiger partial charge in [-0.2, -0.15) is 11.1 Å². The Morgan fingerprint density at radius 3 is 2.07 bits per heavy atom. The van der Waals surface area contributed by atoms with Crippen molar-refractivity contribution in [2.45, 2.75) is 18.9 Å². The van der Waals surface area contributed by atoms with Gasteiger partial charge in [0.05, 0.1) is 0 Å². The maximum atomic E-state index is 6.00. The molecule has 0 radical (unpaired) electrons. The van der Waals surface area contributed by atoms with Crippen LogP contribution >= 0.6 is 11.1 Å². The predicted octanol–water partition coefficient (Wildman–Crippen LogP) is 3.12. The SMILES string of the molecule is Cl[SiH2]CC(C1=CC=CC1)C1=CC=CC1. The van der Waals surface area contributed by atoms with Crippen molar-refractivity contribution in [1.29, 1.82) is 0 Å². The van der Waals surface area contributed by atoms with Gasteiger partial charge >= 0.3 is 0 Å². The molecule has 0 atom stereocenters. The smallest absolute Gasteiger partial charge is 0.126 e. The van der Waals surface area contributed by atoms with Gasteiger partial charge in [0.15, 0.2) is 0 Å². The van der Waals surface area contributed by atoms with Crippen LogP contribution in [0.4, 0.5) is 0 Å². The van der Waals surface area contributed by atoms with Gasteiger partial charge in [-0.1, -0.05) is 47.6 Å². The van der Waals surface area contributed by atoms with Gasteiger partial charge in [-0.3, -0.25) is 0 Å². The van der Waals surface area contributed by atoms with E-state index in [0.29, 0.717) is 5.92 Å². The lowest BCUT2D eigenvalue weighted by Gasteiger charge is -2.18. The second-order valence-electron chi connectivity index (χ2n) is 3.78. The maximum Gasteiger partial charge on any atom is 0.126 e. The molecule has 2 heteroatoms. The van der Waals surface area contributed by atoms with Crippen LogP contribution in [0.25, 0.3) is 0 Å². The fourth-order valence-electron chi connectivity index (χ4n) is 2.16. The molecule has 0 bridgehead atoms. The molecular formula is C12H15ClSi. The Hall–Kier alpha value is -0.533. The molecule has 2 rings (SSSR count). The molecular weight excluding hydrogens is 208 g/mol. The Balaban J connectivity index is 2.07. The van der Waals surface area contributed by atoms with Crippen molar-refractivity contribution in [3.05, 3.63) is 47.6 Å². The van der Waals surface area contributed by atoms with Crippen LogP contribution in [0.1, 0.15) is 12.8 Å². The highest BCUT2D eigenvalue weighted by atomic mass is 35.6. The lowest BCUT2D eigenvalue weighted by molar-refractivity contribution is 0.765. The number of halogens is 1. The van der Waals surface area contributed by atoms with E-state index in [9.17, 15) is 0 Å². The van der Waals surface area contributed by atoms with E-state index < -0.39 is 0 Å². The van der Waals surface area contributed by atoms with Crippen LogP contribution in [-0.2, 0) is 0 Å². The van der Waals surface area contributed by atoms with Crippen LogP contribution in [0.15, 0.2) is 47.6 Å². The fraction of sp³-hybridized carbons (Fsp3) is 0.333. The third-order valence-corrected chi connectivity index (χ3v) is 4.34. The molecule has 0 aromatic heterocycles. The molecule has 0 nitrogen and oxygen atoms in total. The van der Waals surface area contributed by atoms with E-state index >= 15 is 0 Å². The molecule has 0 heterocycles. The first-order chi connectivity index (χ1) is 6.92. The molecule has 0 saturated carbocycles. The van der Waals surface area contributed by atoms with E-state index in [-0.39, 0.29) is 8.83 Å². The van der Waals surface area contributed by atoms with Gasteiger partial charge in [-0.25, -0.2) is 0 Å². The average molecular weight is 223 g/mol. The Kier molecular flexibility index (Phi) is 3.43. The lowest BCUT2D eigenvalue weighted by Crippen LogP contribution is -2.07. The molecule has 14 heavy (non-hydrogen) atoms. The highest BCUT2D eigenvalue weighted by Gasteiger charge is 2.19. The molecule has 0 aliphatic heterocycles.